The third-order valence-corrected chi connectivity index (χ3v) is 4.36. The molecule has 0 bridgehead atoms. The number of hydrogen-bond donors (Lipinski definition) is 2. The molecule has 0 aliphatic rings. The fraction of sp³-hybridized carbons (Fsp3) is 0. The van der Waals surface area contributed by atoms with Crippen LogP contribution in [0.15, 0.2) is 65.7 Å². The van der Waals surface area contributed by atoms with E-state index in [0.29, 0.717) is 22.0 Å². The number of benzene rings is 3. The standard InChI is InChI=1S/C21H13Cl2NO5/c22-13-3-7-16(18(23)9-13)21(28)29-15-5-1-12(2-6-15)11-24-14-4-8-17(20(26)27)19(25)10-14/h1-11,25H,(H,26,27). The van der Waals surface area contributed by atoms with Gasteiger partial charge in [0.1, 0.15) is 17.1 Å². The van der Waals surface area contributed by atoms with Crippen LogP contribution in [0.2, 0.25) is 10.0 Å². The average molecular weight is 430 g/mol. The number of aromatic carboxylic acids is 1. The summed E-state index contributed by atoms with van der Waals surface area (Å²) in [4.78, 5) is 27.3. The number of phenols is 1. The summed E-state index contributed by atoms with van der Waals surface area (Å²) < 4.78 is 5.29. The van der Waals surface area contributed by atoms with Crippen LogP contribution < -0.4 is 4.74 Å². The van der Waals surface area contributed by atoms with Gasteiger partial charge in [0.05, 0.1) is 16.3 Å². The van der Waals surface area contributed by atoms with Gasteiger partial charge in [0.15, 0.2) is 0 Å². The molecule has 0 atom stereocenters. The van der Waals surface area contributed by atoms with Gasteiger partial charge >= 0.3 is 11.9 Å². The zero-order valence-corrected chi connectivity index (χ0v) is 16.2. The molecule has 0 fully saturated rings. The quantitative estimate of drug-likeness (QED) is 0.323. The first-order chi connectivity index (χ1) is 13.8. The minimum atomic E-state index is -1.22. The first kappa shape index (κ1) is 20.4. The number of carboxylic acids is 1. The molecule has 0 aliphatic heterocycles. The van der Waals surface area contributed by atoms with Gasteiger partial charge in [-0.15, -0.1) is 0 Å². The van der Waals surface area contributed by atoms with Gasteiger partial charge in [-0.3, -0.25) is 4.99 Å². The van der Waals surface area contributed by atoms with Gasteiger partial charge in [0, 0.05) is 17.3 Å². The van der Waals surface area contributed by atoms with E-state index in [1.165, 1.54) is 36.5 Å². The van der Waals surface area contributed by atoms with Crippen molar-refractivity contribution in [3.63, 3.8) is 0 Å². The fourth-order valence-corrected chi connectivity index (χ4v) is 2.85. The Bertz CT molecular complexity index is 1110. The van der Waals surface area contributed by atoms with Crippen LogP contribution in [0.3, 0.4) is 0 Å². The summed E-state index contributed by atoms with van der Waals surface area (Å²) in [5.41, 5.74) is 1.10. The number of rotatable bonds is 5. The number of aliphatic imine (C=N–C) groups is 1. The number of carbonyl (C=O) groups is 2. The molecule has 29 heavy (non-hydrogen) atoms. The van der Waals surface area contributed by atoms with E-state index in [-0.39, 0.29) is 21.9 Å². The topological polar surface area (TPSA) is 96.2 Å². The average Bonchev–Trinajstić information content (AvgIpc) is 2.67. The van der Waals surface area contributed by atoms with Crippen molar-refractivity contribution in [3.8, 4) is 11.5 Å². The number of aromatic hydroxyl groups is 1. The maximum Gasteiger partial charge on any atom is 0.345 e. The number of esters is 1. The second-order valence-electron chi connectivity index (χ2n) is 5.85. The van der Waals surface area contributed by atoms with Crippen molar-refractivity contribution in [2.45, 2.75) is 0 Å². The van der Waals surface area contributed by atoms with Gasteiger partial charge in [0.2, 0.25) is 0 Å². The number of carbonyl (C=O) groups excluding carboxylic acids is 1. The van der Waals surface area contributed by atoms with E-state index in [4.69, 9.17) is 33.0 Å². The molecule has 0 saturated carbocycles. The molecule has 0 saturated heterocycles. The predicted molar refractivity (Wildman–Crippen MR) is 110 cm³/mol. The molecule has 3 rings (SSSR count). The van der Waals surface area contributed by atoms with E-state index in [9.17, 15) is 14.7 Å². The number of carboxylic acid groups (broad SMARTS) is 1. The van der Waals surface area contributed by atoms with Crippen LogP contribution in [0.1, 0.15) is 26.3 Å². The summed E-state index contributed by atoms with van der Waals surface area (Å²) in [5.74, 6) is -1.87. The van der Waals surface area contributed by atoms with Gasteiger partial charge in [-0.1, -0.05) is 23.2 Å². The highest BCUT2D eigenvalue weighted by Gasteiger charge is 2.13. The number of ether oxygens (including phenoxy) is 1. The lowest BCUT2D eigenvalue weighted by Gasteiger charge is -2.06. The van der Waals surface area contributed by atoms with Crippen molar-refractivity contribution >= 4 is 47.0 Å². The van der Waals surface area contributed by atoms with Crippen molar-refractivity contribution < 1.29 is 24.5 Å². The smallest absolute Gasteiger partial charge is 0.345 e. The monoisotopic (exact) mass is 429 g/mol. The van der Waals surface area contributed by atoms with Crippen LogP contribution in [0, 0.1) is 0 Å². The van der Waals surface area contributed by atoms with Crippen molar-refractivity contribution in [3.05, 3.63) is 87.4 Å². The highest BCUT2D eigenvalue weighted by Crippen LogP contribution is 2.25. The number of hydrogen-bond acceptors (Lipinski definition) is 5. The molecular weight excluding hydrogens is 417 g/mol. The maximum absolute atomic E-state index is 12.2. The molecule has 146 valence electrons. The van der Waals surface area contributed by atoms with E-state index in [1.54, 1.807) is 30.3 Å². The Kier molecular flexibility index (Phi) is 6.16. The minimum Gasteiger partial charge on any atom is -0.507 e. The summed E-state index contributed by atoms with van der Waals surface area (Å²) >= 11 is 11.8. The molecule has 0 aliphatic carbocycles. The van der Waals surface area contributed by atoms with Crippen molar-refractivity contribution in [2.24, 2.45) is 4.99 Å². The maximum atomic E-state index is 12.2. The van der Waals surface area contributed by atoms with Crippen molar-refractivity contribution in [1.82, 2.24) is 0 Å². The molecule has 3 aromatic carbocycles. The molecule has 0 amide bonds. The van der Waals surface area contributed by atoms with Crippen LogP contribution in [-0.2, 0) is 0 Å². The van der Waals surface area contributed by atoms with Gasteiger partial charge in [-0.2, -0.15) is 0 Å². The van der Waals surface area contributed by atoms with Crippen LogP contribution >= 0.6 is 23.2 Å². The van der Waals surface area contributed by atoms with Crippen LogP contribution in [0.5, 0.6) is 11.5 Å². The summed E-state index contributed by atoms with van der Waals surface area (Å²) in [7, 11) is 0. The zero-order chi connectivity index (χ0) is 21.0. The van der Waals surface area contributed by atoms with Crippen LogP contribution in [0.25, 0.3) is 0 Å². The van der Waals surface area contributed by atoms with Gasteiger partial charge in [0.25, 0.3) is 0 Å². The Morgan fingerprint density at radius 2 is 1.62 bits per heavy atom. The molecule has 2 N–H and O–H groups in total. The molecule has 8 heteroatoms. The molecule has 0 spiro atoms. The molecular formula is C21H13Cl2NO5. The number of nitrogens with zero attached hydrogens (tertiary/aromatic N) is 1. The van der Waals surface area contributed by atoms with Crippen LogP contribution in [0.4, 0.5) is 5.69 Å². The predicted octanol–water partition coefficient (Wildman–Crippen LogP) is 5.37. The summed E-state index contributed by atoms with van der Waals surface area (Å²) in [6, 6.07) is 15.0. The molecule has 0 unspecified atom stereocenters. The third-order valence-electron chi connectivity index (χ3n) is 3.82. The van der Waals surface area contributed by atoms with Gasteiger partial charge < -0.3 is 14.9 Å². The van der Waals surface area contributed by atoms with Gasteiger partial charge in [-0.05, 0) is 60.2 Å². The third kappa shape index (κ3) is 5.13. The Balaban J connectivity index is 1.68. The van der Waals surface area contributed by atoms with Crippen molar-refractivity contribution in [2.75, 3.05) is 0 Å². The molecule has 0 radical (unpaired) electrons. The van der Waals surface area contributed by atoms with E-state index in [1.807, 2.05) is 0 Å². The highest BCUT2D eigenvalue weighted by atomic mass is 35.5. The Labute approximate surface area is 175 Å². The van der Waals surface area contributed by atoms with E-state index < -0.39 is 11.9 Å². The Hall–Kier alpha value is -3.35. The second-order valence-corrected chi connectivity index (χ2v) is 6.69. The van der Waals surface area contributed by atoms with Crippen LogP contribution in [-0.4, -0.2) is 28.4 Å². The van der Waals surface area contributed by atoms with Gasteiger partial charge in [-0.25, -0.2) is 9.59 Å². The Morgan fingerprint density at radius 1 is 0.931 bits per heavy atom. The molecule has 3 aromatic rings. The first-order valence-corrected chi connectivity index (χ1v) is 8.97. The number of halogens is 2. The SMILES string of the molecule is O=C(O)c1ccc(N=Cc2ccc(OC(=O)c3ccc(Cl)cc3Cl)cc2)cc1O. The normalized spacial score (nSPS) is 10.8. The molecule has 6 nitrogen and oxygen atoms in total. The largest absolute Gasteiger partial charge is 0.507 e. The first-order valence-electron chi connectivity index (χ1n) is 8.21. The summed E-state index contributed by atoms with van der Waals surface area (Å²) in [6.07, 6.45) is 1.52. The van der Waals surface area contributed by atoms with Crippen molar-refractivity contribution in [1.29, 1.82) is 0 Å². The zero-order valence-electron chi connectivity index (χ0n) is 14.7. The van der Waals surface area contributed by atoms with E-state index in [0.717, 1.165) is 0 Å². The highest BCUT2D eigenvalue weighted by molar-refractivity contribution is 6.36. The Morgan fingerprint density at radius 3 is 2.24 bits per heavy atom. The molecule has 0 aromatic heterocycles. The lowest BCUT2D eigenvalue weighted by atomic mass is 10.2. The fourth-order valence-electron chi connectivity index (χ4n) is 2.37. The second kappa shape index (κ2) is 8.77. The summed E-state index contributed by atoms with van der Waals surface area (Å²) in [5, 5.41) is 19.2. The molecule has 0 heterocycles. The lowest BCUT2D eigenvalue weighted by molar-refractivity contribution is 0.0691. The lowest BCUT2D eigenvalue weighted by Crippen LogP contribution is -2.09. The minimum absolute atomic E-state index is 0.198. The van der Waals surface area contributed by atoms with E-state index >= 15 is 0 Å². The summed E-state index contributed by atoms with van der Waals surface area (Å²) in [6.45, 7) is 0. The van der Waals surface area contributed by atoms with E-state index in [2.05, 4.69) is 4.99 Å².